The van der Waals surface area contributed by atoms with Crippen molar-refractivity contribution in [3.8, 4) is 11.3 Å². The van der Waals surface area contributed by atoms with Crippen LogP contribution in [0.3, 0.4) is 0 Å². The maximum absolute atomic E-state index is 7.74. The Labute approximate surface area is 106 Å². The summed E-state index contributed by atoms with van der Waals surface area (Å²) in [5.74, 6) is 0. The van der Waals surface area contributed by atoms with Crippen LogP contribution in [0.5, 0.6) is 0 Å². The molecule has 0 saturated carbocycles. The third kappa shape index (κ3) is 1.73. The van der Waals surface area contributed by atoms with E-state index in [9.17, 15) is 0 Å². The Balaban J connectivity index is 2.87. The molecule has 2 rings (SSSR count). The molecule has 0 atom stereocenters. The Kier molecular flexibility index (Phi) is 1.44. The number of nitrogens with zero attached hydrogens (tertiary/aromatic N) is 1. The summed E-state index contributed by atoms with van der Waals surface area (Å²) in [5, 5.41) is 0. The fourth-order valence-corrected chi connectivity index (χ4v) is 1.82. The predicted octanol–water partition coefficient (Wildman–Crippen LogP) is 3.10. The van der Waals surface area contributed by atoms with Crippen LogP contribution < -0.4 is 4.57 Å². The predicted molar refractivity (Wildman–Crippen MR) is 67.3 cm³/mol. The van der Waals surface area contributed by atoms with E-state index in [1.165, 1.54) is 16.7 Å². The second-order valence-corrected chi connectivity index (χ2v) is 3.85. The number of aromatic nitrogens is 1. The van der Waals surface area contributed by atoms with Gasteiger partial charge in [-0.1, -0.05) is 18.2 Å². The fourth-order valence-electron chi connectivity index (χ4n) is 1.82. The second kappa shape index (κ2) is 4.09. The molecule has 0 aliphatic heterocycles. The van der Waals surface area contributed by atoms with Gasteiger partial charge in [-0.25, -0.2) is 0 Å². The van der Waals surface area contributed by atoms with Crippen molar-refractivity contribution in [2.24, 2.45) is 7.05 Å². The number of benzene rings is 1. The Bertz CT molecular complexity index is 700. The third-order valence-corrected chi connectivity index (χ3v) is 2.76. The molecule has 0 fully saturated rings. The Morgan fingerprint density at radius 2 is 1.81 bits per heavy atom. The maximum atomic E-state index is 7.74. The van der Waals surface area contributed by atoms with E-state index in [0.29, 0.717) is 5.69 Å². The first-order valence-corrected chi connectivity index (χ1v) is 5.13. The van der Waals surface area contributed by atoms with Crippen molar-refractivity contribution in [3.63, 3.8) is 0 Å². The molecule has 0 spiro atoms. The highest BCUT2D eigenvalue weighted by atomic mass is 14.9. The quantitative estimate of drug-likeness (QED) is 0.648. The van der Waals surface area contributed by atoms with E-state index in [0.717, 1.165) is 11.1 Å². The number of aryl methyl sites for hydroxylation is 3. The molecule has 16 heavy (non-hydrogen) atoms. The molecule has 1 aromatic carbocycles. The first kappa shape index (κ1) is 5.62. The summed E-state index contributed by atoms with van der Waals surface area (Å²) in [4.78, 5) is 0. The highest BCUT2D eigenvalue weighted by molar-refractivity contribution is 5.63. The van der Waals surface area contributed by atoms with Crippen LogP contribution in [0.15, 0.2) is 36.4 Å². The summed E-state index contributed by atoms with van der Waals surface area (Å²) in [6, 6.07) is 10.1. The molecule has 0 aliphatic rings. The van der Waals surface area contributed by atoms with Crippen LogP contribution in [0.25, 0.3) is 11.3 Å². The Hall–Kier alpha value is -1.63. The van der Waals surface area contributed by atoms with E-state index in [4.69, 9.17) is 8.22 Å². The molecule has 1 heterocycles. The number of pyridine rings is 1. The average molecular weight is 218 g/mol. The molecule has 0 saturated heterocycles. The summed E-state index contributed by atoms with van der Waals surface area (Å²) in [6.07, 6.45) is 0. The van der Waals surface area contributed by atoms with Gasteiger partial charge < -0.3 is 0 Å². The van der Waals surface area contributed by atoms with Crippen molar-refractivity contribution in [1.29, 1.82) is 0 Å². The monoisotopic (exact) mass is 218 g/mol. The van der Waals surface area contributed by atoms with Crippen molar-refractivity contribution in [3.05, 3.63) is 53.2 Å². The van der Waals surface area contributed by atoms with Crippen molar-refractivity contribution in [1.82, 2.24) is 0 Å². The third-order valence-electron chi connectivity index (χ3n) is 2.76. The summed E-state index contributed by atoms with van der Waals surface area (Å²) in [5.41, 5.74) is 2.30. The van der Waals surface area contributed by atoms with Crippen molar-refractivity contribution in [2.45, 2.75) is 20.6 Å². The molecule has 0 bridgehead atoms. The fraction of sp³-hybridized carbons (Fsp3) is 0.267. The van der Waals surface area contributed by atoms with E-state index in [-0.39, 0.29) is 11.3 Å². The van der Waals surface area contributed by atoms with Crippen molar-refractivity contribution >= 4 is 0 Å². The first-order valence-electron chi connectivity index (χ1n) is 8.13. The van der Waals surface area contributed by atoms with Gasteiger partial charge >= 0.3 is 0 Å². The summed E-state index contributed by atoms with van der Waals surface area (Å²) >= 11 is 0. The zero-order valence-electron chi connectivity index (χ0n) is 15.4. The molecule has 82 valence electrons. The molecule has 1 nitrogen and oxygen atoms in total. The van der Waals surface area contributed by atoms with Crippen molar-refractivity contribution < 1.29 is 12.8 Å². The summed E-state index contributed by atoms with van der Waals surface area (Å²) in [6.45, 7) is -2.75. The molecule has 0 aliphatic carbocycles. The lowest BCUT2D eigenvalue weighted by atomic mass is 10.0. The Morgan fingerprint density at radius 1 is 1.00 bits per heavy atom. The maximum Gasteiger partial charge on any atom is 0.215 e. The minimum atomic E-state index is -2.32. The van der Waals surface area contributed by atoms with Gasteiger partial charge in [0.1, 0.15) is 7.05 Å². The normalized spacial score (nSPS) is 17.6. The lowest BCUT2D eigenvalue weighted by molar-refractivity contribution is -0.667. The number of hydrogen-bond acceptors (Lipinski definition) is 0. The molecule has 1 heteroatoms. The van der Waals surface area contributed by atoms with Gasteiger partial charge in [0.25, 0.3) is 0 Å². The minimum absolute atomic E-state index is 0.110. The molecular weight excluding hydrogens is 194 g/mol. The van der Waals surface area contributed by atoms with Gasteiger partial charge in [0.05, 0.1) is 0 Å². The summed E-state index contributed by atoms with van der Waals surface area (Å²) < 4.78 is 47.6. The molecule has 0 amide bonds. The van der Waals surface area contributed by atoms with Gasteiger partial charge in [-0.2, -0.15) is 4.57 Å². The SMILES string of the molecule is [2H]C([2H])([2H])c1ccc(C([2H])([2H])[2H])[n+](C)c1-c1ccccc1C. The van der Waals surface area contributed by atoms with E-state index in [2.05, 4.69) is 0 Å². The van der Waals surface area contributed by atoms with Crippen LogP contribution in [0.4, 0.5) is 0 Å². The van der Waals surface area contributed by atoms with Gasteiger partial charge in [-0.05, 0) is 31.5 Å². The van der Waals surface area contributed by atoms with Gasteiger partial charge in [-0.15, -0.1) is 0 Å². The lowest BCUT2D eigenvalue weighted by Gasteiger charge is -2.08. The molecular formula is C15H18N+. The highest BCUT2D eigenvalue weighted by Gasteiger charge is 2.16. The average Bonchev–Trinajstić information content (AvgIpc) is 2.37. The standard InChI is InChI=1S/C15H18N/c1-11-7-5-6-8-14(11)15-12(2)9-10-13(3)16(15)4/h5-10H,1-4H3/q+1/i2D3,3D3. The van der Waals surface area contributed by atoms with Crippen LogP contribution in [0.2, 0.25) is 0 Å². The van der Waals surface area contributed by atoms with Crippen LogP contribution in [0, 0.1) is 20.6 Å². The topological polar surface area (TPSA) is 3.88 Å². The van der Waals surface area contributed by atoms with Crippen LogP contribution >= 0.6 is 0 Å². The van der Waals surface area contributed by atoms with Crippen LogP contribution in [0.1, 0.15) is 25.0 Å². The van der Waals surface area contributed by atoms with E-state index < -0.39 is 13.7 Å². The molecule has 0 N–H and O–H groups in total. The zero-order chi connectivity index (χ0) is 16.7. The van der Waals surface area contributed by atoms with Gasteiger partial charge in [0.2, 0.25) is 5.69 Å². The highest BCUT2D eigenvalue weighted by Crippen LogP contribution is 2.23. The van der Waals surface area contributed by atoms with E-state index >= 15 is 0 Å². The number of rotatable bonds is 1. The van der Waals surface area contributed by atoms with Crippen LogP contribution in [-0.4, -0.2) is 0 Å². The van der Waals surface area contributed by atoms with E-state index in [1.54, 1.807) is 7.05 Å². The van der Waals surface area contributed by atoms with Gasteiger partial charge in [0.15, 0.2) is 5.69 Å². The summed E-state index contributed by atoms with van der Waals surface area (Å²) in [7, 11) is 1.60. The first-order chi connectivity index (χ1) is 10.0. The largest absolute Gasteiger partial charge is 0.215 e. The van der Waals surface area contributed by atoms with Crippen LogP contribution in [-0.2, 0) is 7.05 Å². The smallest absolute Gasteiger partial charge is 0.198 e. The second-order valence-electron chi connectivity index (χ2n) is 3.85. The molecule has 1 aromatic heterocycles. The van der Waals surface area contributed by atoms with Gasteiger partial charge in [0, 0.05) is 32.3 Å². The van der Waals surface area contributed by atoms with Gasteiger partial charge in [-0.3, -0.25) is 0 Å². The molecule has 2 aromatic rings. The zero-order valence-corrected chi connectivity index (χ0v) is 9.41. The Morgan fingerprint density at radius 3 is 2.50 bits per heavy atom. The molecule has 0 radical (unpaired) electrons. The van der Waals surface area contributed by atoms with Crippen molar-refractivity contribution in [2.75, 3.05) is 0 Å². The van der Waals surface area contributed by atoms with E-state index in [1.807, 2.05) is 31.2 Å². The number of hydrogen-bond donors (Lipinski definition) is 0. The lowest BCUT2D eigenvalue weighted by Crippen LogP contribution is -2.35. The minimum Gasteiger partial charge on any atom is -0.198 e. The molecule has 0 unspecified atom stereocenters.